The highest BCUT2D eigenvalue weighted by molar-refractivity contribution is 5.96. The van der Waals surface area contributed by atoms with Crippen LogP contribution in [0.5, 0.6) is 0 Å². The molecule has 0 heterocycles. The first-order valence-corrected chi connectivity index (χ1v) is 9.04. The van der Waals surface area contributed by atoms with Crippen molar-refractivity contribution in [2.75, 3.05) is 0 Å². The fourth-order valence-electron chi connectivity index (χ4n) is 9.13. The van der Waals surface area contributed by atoms with Crippen molar-refractivity contribution >= 4 is 17.5 Å². The summed E-state index contributed by atoms with van der Waals surface area (Å²) in [6, 6.07) is 0. The van der Waals surface area contributed by atoms with E-state index >= 15 is 0 Å². The van der Waals surface area contributed by atoms with Crippen LogP contribution in [0.25, 0.3) is 0 Å². The average molecular weight is 310 g/mol. The molecule has 0 aromatic carbocycles. The van der Waals surface area contributed by atoms with E-state index in [1.807, 2.05) is 0 Å². The Morgan fingerprint density at radius 2 is 1.26 bits per heavy atom. The fourth-order valence-corrected chi connectivity index (χ4v) is 9.13. The summed E-state index contributed by atoms with van der Waals surface area (Å²) >= 11 is 0. The first kappa shape index (κ1) is 12.0. The summed E-state index contributed by atoms with van der Waals surface area (Å²) in [5.41, 5.74) is 0. The second kappa shape index (κ2) is 3.20. The SMILES string of the molecule is CC(=O)OC1C2C(=O)C3C4C=CC5C6C(=O)C1C1C2C3C(C45)C61. The van der Waals surface area contributed by atoms with Gasteiger partial charge >= 0.3 is 5.97 Å². The summed E-state index contributed by atoms with van der Waals surface area (Å²) < 4.78 is 5.61. The van der Waals surface area contributed by atoms with Gasteiger partial charge in [0, 0.05) is 18.8 Å². The molecule has 10 atom stereocenters. The van der Waals surface area contributed by atoms with E-state index < -0.39 is 6.10 Å². The predicted molar refractivity (Wildman–Crippen MR) is 76.6 cm³/mol. The molecule has 0 radical (unpaired) electrons. The van der Waals surface area contributed by atoms with Crippen molar-refractivity contribution in [3.63, 3.8) is 0 Å². The van der Waals surface area contributed by atoms with Crippen LogP contribution < -0.4 is 0 Å². The zero-order valence-corrected chi connectivity index (χ0v) is 12.8. The molecule has 0 aromatic rings. The van der Waals surface area contributed by atoms with E-state index in [1.54, 1.807) is 0 Å². The minimum atomic E-state index is -0.461. The molecular weight excluding hydrogens is 292 g/mol. The minimum Gasteiger partial charge on any atom is -0.461 e. The van der Waals surface area contributed by atoms with Gasteiger partial charge in [-0.2, -0.15) is 0 Å². The summed E-state index contributed by atoms with van der Waals surface area (Å²) in [5.74, 6) is 3.70. The molecular formula is C19H18O4. The zero-order valence-electron chi connectivity index (χ0n) is 12.8. The molecule has 4 nitrogen and oxygen atoms in total. The van der Waals surface area contributed by atoms with Gasteiger partial charge < -0.3 is 4.74 Å². The quantitative estimate of drug-likeness (QED) is 0.537. The Bertz CT molecular complexity index is 700. The number of ether oxygens (including phenoxy) is 1. The van der Waals surface area contributed by atoms with Crippen LogP contribution in [-0.4, -0.2) is 23.6 Å². The van der Waals surface area contributed by atoms with Gasteiger partial charge in [0.2, 0.25) is 0 Å². The Kier molecular flexibility index (Phi) is 1.67. The van der Waals surface area contributed by atoms with Crippen LogP contribution in [0.2, 0.25) is 0 Å². The molecule has 0 saturated heterocycles. The first-order valence-electron chi connectivity index (χ1n) is 9.04. The van der Waals surface area contributed by atoms with Gasteiger partial charge in [-0.3, -0.25) is 14.4 Å². The van der Waals surface area contributed by atoms with Gasteiger partial charge in [-0.1, -0.05) is 12.2 Å². The molecule has 7 aliphatic carbocycles. The molecule has 10 unspecified atom stereocenters. The van der Waals surface area contributed by atoms with Gasteiger partial charge in [-0.05, 0) is 47.3 Å². The van der Waals surface area contributed by atoms with E-state index in [4.69, 9.17) is 4.74 Å². The number of carbonyl (C=O) groups is 3. The topological polar surface area (TPSA) is 60.4 Å². The average Bonchev–Trinajstić information content (AvgIpc) is 3.20. The maximum atomic E-state index is 13.2. The Balaban J connectivity index is 1.50. The highest BCUT2D eigenvalue weighted by Crippen LogP contribution is 2.82. The third-order valence-electron chi connectivity index (χ3n) is 8.92. The lowest BCUT2D eigenvalue weighted by Gasteiger charge is -2.28. The van der Waals surface area contributed by atoms with Crippen molar-refractivity contribution in [1.82, 2.24) is 0 Å². The Labute approximate surface area is 133 Å². The Morgan fingerprint density at radius 1 is 0.783 bits per heavy atom. The van der Waals surface area contributed by atoms with Gasteiger partial charge in [0.25, 0.3) is 0 Å². The Morgan fingerprint density at radius 3 is 1.74 bits per heavy atom. The molecule has 0 spiro atoms. The first-order chi connectivity index (χ1) is 11.1. The maximum Gasteiger partial charge on any atom is 0.302 e. The van der Waals surface area contributed by atoms with E-state index in [-0.39, 0.29) is 29.6 Å². The second-order valence-corrected chi connectivity index (χ2v) is 8.99. The van der Waals surface area contributed by atoms with E-state index in [1.165, 1.54) is 6.92 Å². The molecule has 6 fully saturated rings. The van der Waals surface area contributed by atoms with Gasteiger partial charge in [0.05, 0.1) is 11.8 Å². The number of ketones is 2. The van der Waals surface area contributed by atoms with Crippen LogP contribution in [0.15, 0.2) is 12.2 Å². The number of Topliss-reactive ketones (excluding diaryl/α,β-unsaturated/α-hetero) is 2. The molecule has 118 valence electrons. The molecule has 23 heavy (non-hydrogen) atoms. The monoisotopic (exact) mass is 310 g/mol. The molecule has 0 amide bonds. The highest BCUT2D eigenvalue weighted by Gasteiger charge is 2.85. The lowest BCUT2D eigenvalue weighted by Crippen LogP contribution is -2.39. The summed E-state index contributed by atoms with van der Waals surface area (Å²) in [4.78, 5) is 38.1. The molecule has 4 heteroatoms. The number of esters is 1. The van der Waals surface area contributed by atoms with Gasteiger partial charge in [0.1, 0.15) is 17.7 Å². The molecule has 6 saturated carbocycles. The predicted octanol–water partition coefficient (Wildman–Crippen LogP) is 1.10. The van der Waals surface area contributed by atoms with Crippen LogP contribution in [-0.2, 0) is 19.1 Å². The van der Waals surface area contributed by atoms with E-state index in [0.29, 0.717) is 58.9 Å². The number of hydrogen-bond donors (Lipinski definition) is 0. The van der Waals surface area contributed by atoms with Crippen molar-refractivity contribution in [3.05, 3.63) is 12.2 Å². The smallest absolute Gasteiger partial charge is 0.302 e. The van der Waals surface area contributed by atoms with Crippen molar-refractivity contribution in [3.8, 4) is 0 Å². The second-order valence-electron chi connectivity index (χ2n) is 8.99. The number of hydrogen-bond acceptors (Lipinski definition) is 4. The van der Waals surface area contributed by atoms with Gasteiger partial charge in [-0.25, -0.2) is 0 Å². The number of allylic oxidation sites excluding steroid dienone is 2. The van der Waals surface area contributed by atoms with Crippen molar-refractivity contribution in [2.24, 2.45) is 71.0 Å². The van der Waals surface area contributed by atoms with E-state index in [9.17, 15) is 14.4 Å². The highest BCUT2D eigenvalue weighted by atomic mass is 16.5. The fraction of sp³-hybridized carbons (Fsp3) is 0.737. The zero-order chi connectivity index (χ0) is 15.4. The molecule has 7 rings (SSSR count). The minimum absolute atomic E-state index is 0.155. The maximum absolute atomic E-state index is 13.2. The van der Waals surface area contributed by atoms with Crippen LogP contribution in [0, 0.1) is 71.0 Å². The van der Waals surface area contributed by atoms with Crippen molar-refractivity contribution < 1.29 is 19.1 Å². The van der Waals surface area contributed by atoms with Gasteiger partial charge in [-0.15, -0.1) is 0 Å². The van der Waals surface area contributed by atoms with Gasteiger partial charge in [0.15, 0.2) is 0 Å². The largest absolute Gasteiger partial charge is 0.461 e. The Hall–Kier alpha value is -1.45. The normalized spacial score (nSPS) is 67.1. The molecule has 0 N–H and O–H groups in total. The van der Waals surface area contributed by atoms with Crippen molar-refractivity contribution in [2.45, 2.75) is 13.0 Å². The van der Waals surface area contributed by atoms with Crippen molar-refractivity contribution in [1.29, 1.82) is 0 Å². The van der Waals surface area contributed by atoms with E-state index in [0.717, 1.165) is 0 Å². The molecule has 7 aliphatic rings. The van der Waals surface area contributed by atoms with E-state index in [2.05, 4.69) is 12.2 Å². The summed E-state index contributed by atoms with van der Waals surface area (Å²) in [5, 5.41) is 0. The summed E-state index contributed by atoms with van der Waals surface area (Å²) in [6.45, 7) is 1.40. The number of rotatable bonds is 1. The third kappa shape index (κ3) is 0.923. The lowest BCUT2D eigenvalue weighted by molar-refractivity contribution is -0.154. The number of carbonyl (C=O) groups excluding carboxylic acids is 3. The summed E-state index contributed by atoms with van der Waals surface area (Å²) in [6.07, 6.45) is 4.05. The summed E-state index contributed by atoms with van der Waals surface area (Å²) in [7, 11) is 0. The standard InChI is InChI=1S/C19H18O4/c1-4(20)23-19-15-13-11-8(17(15)21)5-2-3-6-7(5)10(11)12-9(6)18(22)16(19)14(12)13/h2-3,5-16,19H,1H3. The van der Waals surface area contributed by atoms with Crippen LogP contribution in [0.4, 0.5) is 0 Å². The number of fused-ring (bicyclic) bond motifs is 2. The van der Waals surface area contributed by atoms with Crippen LogP contribution in [0.1, 0.15) is 6.92 Å². The molecule has 0 aromatic heterocycles. The lowest BCUT2D eigenvalue weighted by atomic mass is 9.78. The molecule has 0 bridgehead atoms. The van der Waals surface area contributed by atoms with Crippen LogP contribution >= 0.6 is 0 Å². The third-order valence-corrected chi connectivity index (χ3v) is 8.92. The molecule has 0 aliphatic heterocycles. The van der Waals surface area contributed by atoms with Crippen LogP contribution in [0.3, 0.4) is 0 Å².